The number of nitrogens with zero attached hydrogens (tertiary/aromatic N) is 2. The zero-order valence-electron chi connectivity index (χ0n) is 16.2. The number of carbonyl (C=O) groups is 2. The second-order valence-corrected chi connectivity index (χ2v) is 7.79. The fraction of sp³-hybridized carbons (Fsp3) is 0.600. The van der Waals surface area contributed by atoms with Crippen LogP contribution in [0.1, 0.15) is 39.2 Å². The summed E-state index contributed by atoms with van der Waals surface area (Å²) in [6, 6.07) is 9.50. The molecule has 1 aliphatic rings. The summed E-state index contributed by atoms with van der Waals surface area (Å²) in [7, 11) is 2.06. The van der Waals surface area contributed by atoms with Crippen LogP contribution in [0.2, 0.25) is 0 Å². The molecule has 0 bridgehead atoms. The fourth-order valence-electron chi connectivity index (χ4n) is 2.89. The van der Waals surface area contributed by atoms with Gasteiger partial charge in [0.15, 0.2) is 0 Å². The quantitative estimate of drug-likeness (QED) is 0.754. The van der Waals surface area contributed by atoms with Gasteiger partial charge in [-0.05, 0) is 59.3 Å². The maximum absolute atomic E-state index is 12.6. The molecule has 0 aliphatic carbocycles. The summed E-state index contributed by atoms with van der Waals surface area (Å²) in [6.45, 7) is 7.37. The van der Waals surface area contributed by atoms with Crippen molar-refractivity contribution in [2.24, 2.45) is 0 Å². The van der Waals surface area contributed by atoms with E-state index in [4.69, 9.17) is 9.47 Å². The van der Waals surface area contributed by atoms with Crippen LogP contribution in [0.3, 0.4) is 0 Å². The zero-order valence-corrected chi connectivity index (χ0v) is 16.2. The van der Waals surface area contributed by atoms with Crippen LogP contribution in [0.5, 0.6) is 0 Å². The van der Waals surface area contributed by atoms with Gasteiger partial charge in [0.1, 0.15) is 18.8 Å². The predicted molar refractivity (Wildman–Crippen MR) is 99.7 cm³/mol. The first-order chi connectivity index (χ1) is 12.2. The zero-order chi connectivity index (χ0) is 19.2. The average Bonchev–Trinajstić information content (AvgIpc) is 2.58. The molecule has 6 heteroatoms. The van der Waals surface area contributed by atoms with Gasteiger partial charge in [-0.25, -0.2) is 4.79 Å². The second-order valence-electron chi connectivity index (χ2n) is 7.79. The lowest BCUT2D eigenvalue weighted by molar-refractivity contribution is -0.147. The molecule has 0 aromatic heterocycles. The summed E-state index contributed by atoms with van der Waals surface area (Å²) in [5, 5.41) is 0. The van der Waals surface area contributed by atoms with E-state index in [2.05, 4.69) is 11.9 Å². The molecule has 0 radical (unpaired) electrons. The predicted octanol–water partition coefficient (Wildman–Crippen LogP) is 3.06. The molecule has 144 valence electrons. The molecule has 1 saturated heterocycles. The highest BCUT2D eigenvalue weighted by molar-refractivity contribution is 5.78. The maximum atomic E-state index is 12.6. The Morgan fingerprint density at radius 3 is 2.35 bits per heavy atom. The first-order valence-corrected chi connectivity index (χ1v) is 9.12. The van der Waals surface area contributed by atoms with Crippen LogP contribution < -0.4 is 0 Å². The van der Waals surface area contributed by atoms with Gasteiger partial charge in [0.05, 0.1) is 0 Å². The van der Waals surface area contributed by atoms with E-state index in [9.17, 15) is 9.59 Å². The van der Waals surface area contributed by atoms with Crippen molar-refractivity contribution in [3.63, 3.8) is 0 Å². The van der Waals surface area contributed by atoms with E-state index >= 15 is 0 Å². The van der Waals surface area contributed by atoms with Crippen molar-refractivity contribution in [2.75, 3.05) is 26.7 Å². The molecule has 0 N–H and O–H groups in total. The number of benzene rings is 1. The van der Waals surface area contributed by atoms with Gasteiger partial charge in [-0.1, -0.05) is 30.3 Å². The summed E-state index contributed by atoms with van der Waals surface area (Å²) in [6.07, 6.45) is 1.19. The van der Waals surface area contributed by atoms with E-state index in [-0.39, 0.29) is 19.2 Å². The fourth-order valence-corrected chi connectivity index (χ4v) is 2.89. The number of carbonyl (C=O) groups excluding carboxylic acids is 2. The van der Waals surface area contributed by atoms with E-state index in [0.717, 1.165) is 31.5 Å². The van der Waals surface area contributed by atoms with Crippen LogP contribution >= 0.6 is 0 Å². The van der Waals surface area contributed by atoms with Gasteiger partial charge in [0.2, 0.25) is 0 Å². The van der Waals surface area contributed by atoms with Crippen molar-refractivity contribution in [1.29, 1.82) is 0 Å². The number of amides is 1. The molecule has 0 atom stereocenters. The molecule has 0 unspecified atom stereocenters. The van der Waals surface area contributed by atoms with Gasteiger partial charge in [-0.15, -0.1) is 0 Å². The van der Waals surface area contributed by atoms with Gasteiger partial charge in [0.25, 0.3) is 0 Å². The minimum atomic E-state index is -0.602. The van der Waals surface area contributed by atoms with Crippen molar-refractivity contribution in [2.45, 2.75) is 51.9 Å². The highest BCUT2D eigenvalue weighted by atomic mass is 16.6. The van der Waals surface area contributed by atoms with Crippen LogP contribution in [0, 0.1) is 0 Å². The van der Waals surface area contributed by atoms with E-state index in [1.165, 1.54) is 4.90 Å². The lowest BCUT2D eigenvalue weighted by Crippen LogP contribution is -2.50. The molecular weight excluding hydrogens is 332 g/mol. The normalized spacial score (nSPS) is 16.2. The number of rotatable bonds is 5. The summed E-state index contributed by atoms with van der Waals surface area (Å²) in [5.41, 5.74) is 0.318. The van der Waals surface area contributed by atoms with E-state index in [0.29, 0.717) is 0 Å². The van der Waals surface area contributed by atoms with Gasteiger partial charge < -0.3 is 14.4 Å². The lowest BCUT2D eigenvalue weighted by Gasteiger charge is -2.37. The van der Waals surface area contributed by atoms with E-state index in [1.54, 1.807) is 0 Å². The Morgan fingerprint density at radius 2 is 1.77 bits per heavy atom. The van der Waals surface area contributed by atoms with Gasteiger partial charge in [-0.2, -0.15) is 0 Å². The first kappa shape index (κ1) is 20.2. The van der Waals surface area contributed by atoms with E-state index in [1.807, 2.05) is 51.1 Å². The van der Waals surface area contributed by atoms with Gasteiger partial charge in [-0.3, -0.25) is 9.69 Å². The van der Waals surface area contributed by atoms with Crippen LogP contribution in [0.25, 0.3) is 0 Å². The second kappa shape index (κ2) is 9.03. The average molecular weight is 362 g/mol. The largest absolute Gasteiger partial charge is 0.459 e. The Balaban J connectivity index is 1.98. The van der Waals surface area contributed by atoms with Crippen molar-refractivity contribution >= 4 is 12.1 Å². The molecule has 6 nitrogen and oxygen atoms in total. The third-order valence-corrected chi connectivity index (χ3v) is 4.30. The molecule has 0 spiro atoms. The number of esters is 1. The molecule has 1 fully saturated rings. The molecule has 1 aromatic rings. The standard InChI is InChI=1S/C20H30N2O4/c1-20(2,3)26-19(24)22(17-10-12-21(4)13-11-17)14-18(23)25-15-16-8-6-5-7-9-16/h5-9,17H,10-15H2,1-4H3. The minimum Gasteiger partial charge on any atom is -0.459 e. The Hall–Kier alpha value is -2.08. The summed E-state index contributed by atoms with van der Waals surface area (Å²) >= 11 is 0. The van der Waals surface area contributed by atoms with Gasteiger partial charge >= 0.3 is 12.1 Å². The summed E-state index contributed by atoms with van der Waals surface area (Å²) in [5.74, 6) is -0.418. The molecular formula is C20H30N2O4. The van der Waals surface area contributed by atoms with E-state index < -0.39 is 17.7 Å². The highest BCUT2D eigenvalue weighted by Gasteiger charge is 2.32. The van der Waals surface area contributed by atoms with Crippen molar-refractivity contribution in [3.05, 3.63) is 35.9 Å². The van der Waals surface area contributed by atoms with Crippen LogP contribution in [0.4, 0.5) is 4.79 Å². The Kier molecular flexibility index (Phi) is 7.03. The molecule has 1 aliphatic heterocycles. The van der Waals surface area contributed by atoms with Crippen molar-refractivity contribution < 1.29 is 19.1 Å². The number of hydrogen-bond donors (Lipinski definition) is 0. The van der Waals surface area contributed by atoms with Crippen LogP contribution in [-0.2, 0) is 20.9 Å². The molecule has 1 aromatic carbocycles. The number of hydrogen-bond acceptors (Lipinski definition) is 5. The smallest absolute Gasteiger partial charge is 0.411 e. The minimum absolute atomic E-state index is 0.00896. The van der Waals surface area contributed by atoms with Crippen molar-refractivity contribution in [3.8, 4) is 0 Å². The Labute approximate surface area is 156 Å². The Bertz CT molecular complexity index is 590. The topological polar surface area (TPSA) is 59.1 Å². The highest BCUT2D eigenvalue weighted by Crippen LogP contribution is 2.19. The molecule has 1 amide bonds. The molecule has 0 saturated carbocycles. The van der Waals surface area contributed by atoms with Crippen LogP contribution in [0.15, 0.2) is 30.3 Å². The SMILES string of the molecule is CN1CCC(N(CC(=O)OCc2ccccc2)C(=O)OC(C)(C)C)CC1. The third-order valence-electron chi connectivity index (χ3n) is 4.30. The summed E-state index contributed by atoms with van der Waals surface area (Å²) in [4.78, 5) is 28.7. The molecule has 2 rings (SSSR count). The third kappa shape index (κ3) is 6.67. The first-order valence-electron chi connectivity index (χ1n) is 9.12. The lowest BCUT2D eigenvalue weighted by atomic mass is 10.0. The molecule has 26 heavy (non-hydrogen) atoms. The Morgan fingerprint density at radius 1 is 1.15 bits per heavy atom. The monoisotopic (exact) mass is 362 g/mol. The summed E-state index contributed by atoms with van der Waals surface area (Å²) < 4.78 is 10.9. The number of piperidine rings is 1. The number of likely N-dealkylation sites (tertiary alicyclic amines) is 1. The van der Waals surface area contributed by atoms with Gasteiger partial charge in [0, 0.05) is 6.04 Å². The maximum Gasteiger partial charge on any atom is 0.411 e. The van der Waals surface area contributed by atoms with Crippen LogP contribution in [-0.4, -0.2) is 60.2 Å². The molecule has 1 heterocycles. The van der Waals surface area contributed by atoms with Crippen molar-refractivity contribution in [1.82, 2.24) is 9.80 Å². The number of ether oxygens (including phenoxy) is 2.